The van der Waals surface area contributed by atoms with E-state index >= 15 is 0 Å². The van der Waals surface area contributed by atoms with Crippen molar-refractivity contribution in [2.45, 2.75) is 0 Å². The summed E-state index contributed by atoms with van der Waals surface area (Å²) in [6.45, 7) is -0.460. The normalized spacial score (nSPS) is 12.4. The van der Waals surface area contributed by atoms with Crippen molar-refractivity contribution in [1.29, 1.82) is 0 Å². The summed E-state index contributed by atoms with van der Waals surface area (Å²) in [6, 6.07) is 11.0. The third-order valence-corrected chi connectivity index (χ3v) is 3.59. The fraction of sp³-hybridized carbons (Fsp3) is 0.167. The molecule has 0 spiro atoms. The molecule has 0 saturated carbocycles. The zero-order chi connectivity index (χ0) is 17.8. The summed E-state index contributed by atoms with van der Waals surface area (Å²) < 4.78 is 15.3. The quantitative estimate of drug-likeness (QED) is 0.661. The van der Waals surface area contributed by atoms with Crippen LogP contribution in [0.2, 0.25) is 0 Å². The molecule has 128 valence electrons. The molecule has 1 aliphatic rings. The summed E-state index contributed by atoms with van der Waals surface area (Å²) in [4.78, 5) is 35.5. The van der Waals surface area contributed by atoms with Crippen LogP contribution in [0.15, 0.2) is 42.5 Å². The average molecular weight is 341 g/mol. The lowest BCUT2D eigenvalue weighted by molar-refractivity contribution is -0.118. The van der Waals surface area contributed by atoms with Crippen molar-refractivity contribution in [3.63, 3.8) is 0 Å². The van der Waals surface area contributed by atoms with Gasteiger partial charge in [-0.1, -0.05) is 0 Å². The number of hydrogen-bond donors (Lipinski definition) is 1. The number of Topliss-reactive ketones (excluding diaryl/α,β-unsaturated/α-hetero) is 1. The van der Waals surface area contributed by atoms with Crippen molar-refractivity contribution in [2.24, 2.45) is 0 Å². The number of anilines is 1. The number of benzene rings is 2. The molecule has 1 N–H and O–H groups in total. The molecule has 2 aromatic carbocycles. The molecular formula is C18H15NO6. The molecule has 3 rings (SSSR count). The highest BCUT2D eigenvalue weighted by Crippen LogP contribution is 2.28. The molecular weight excluding hydrogens is 326 g/mol. The van der Waals surface area contributed by atoms with Crippen LogP contribution in [0.5, 0.6) is 11.5 Å². The zero-order valence-corrected chi connectivity index (χ0v) is 13.4. The Balaban J connectivity index is 1.63. The first-order valence-electron chi connectivity index (χ1n) is 7.48. The van der Waals surface area contributed by atoms with Crippen LogP contribution >= 0.6 is 0 Å². The summed E-state index contributed by atoms with van der Waals surface area (Å²) in [5, 5.41) is 2.62. The highest BCUT2D eigenvalue weighted by atomic mass is 16.5. The van der Waals surface area contributed by atoms with E-state index in [9.17, 15) is 14.4 Å². The van der Waals surface area contributed by atoms with Gasteiger partial charge in [-0.05, 0) is 42.5 Å². The predicted molar refractivity (Wildman–Crippen MR) is 88.2 cm³/mol. The van der Waals surface area contributed by atoms with Crippen LogP contribution in [-0.4, -0.2) is 38.0 Å². The van der Waals surface area contributed by atoms with Gasteiger partial charge in [-0.25, -0.2) is 4.79 Å². The Kier molecular flexibility index (Phi) is 4.65. The Hall–Kier alpha value is -3.35. The van der Waals surface area contributed by atoms with Crippen LogP contribution < -0.4 is 14.8 Å². The second kappa shape index (κ2) is 7.04. The first-order chi connectivity index (χ1) is 12.1. The fourth-order valence-corrected chi connectivity index (χ4v) is 2.28. The minimum atomic E-state index is -0.606. The Labute approximate surface area is 143 Å². The van der Waals surface area contributed by atoms with Crippen LogP contribution in [0.1, 0.15) is 20.7 Å². The smallest absolute Gasteiger partial charge is 0.338 e. The van der Waals surface area contributed by atoms with E-state index in [0.29, 0.717) is 28.3 Å². The molecule has 25 heavy (non-hydrogen) atoms. The number of amides is 1. The van der Waals surface area contributed by atoms with Crippen molar-refractivity contribution in [3.05, 3.63) is 53.6 Å². The molecule has 7 nitrogen and oxygen atoms in total. The summed E-state index contributed by atoms with van der Waals surface area (Å²) in [5.74, 6) is -0.171. The number of hydrogen-bond acceptors (Lipinski definition) is 6. The van der Waals surface area contributed by atoms with E-state index in [1.54, 1.807) is 36.4 Å². The second-order valence-electron chi connectivity index (χ2n) is 5.28. The van der Waals surface area contributed by atoms with Gasteiger partial charge in [0.1, 0.15) is 11.5 Å². The molecule has 0 fully saturated rings. The van der Waals surface area contributed by atoms with E-state index in [-0.39, 0.29) is 18.3 Å². The Bertz CT molecular complexity index is 828. The van der Waals surface area contributed by atoms with Gasteiger partial charge in [-0.15, -0.1) is 0 Å². The Morgan fingerprint density at radius 2 is 1.84 bits per heavy atom. The number of fused-ring (bicyclic) bond motifs is 1. The van der Waals surface area contributed by atoms with Crippen LogP contribution in [0.25, 0.3) is 0 Å². The van der Waals surface area contributed by atoms with E-state index in [1.165, 1.54) is 13.2 Å². The lowest BCUT2D eigenvalue weighted by Crippen LogP contribution is -2.25. The number of carbonyl (C=O) groups is 3. The number of ketones is 1. The first kappa shape index (κ1) is 16.5. The van der Waals surface area contributed by atoms with Gasteiger partial charge >= 0.3 is 5.97 Å². The molecule has 0 unspecified atom stereocenters. The topological polar surface area (TPSA) is 90.9 Å². The summed E-state index contributed by atoms with van der Waals surface area (Å²) in [7, 11) is 1.53. The summed E-state index contributed by atoms with van der Waals surface area (Å²) >= 11 is 0. The summed E-state index contributed by atoms with van der Waals surface area (Å²) in [6.07, 6.45) is 0. The van der Waals surface area contributed by atoms with E-state index in [1.807, 2.05) is 0 Å². The van der Waals surface area contributed by atoms with Crippen molar-refractivity contribution < 1.29 is 28.6 Å². The molecule has 2 aromatic rings. The molecule has 7 heteroatoms. The van der Waals surface area contributed by atoms with Gasteiger partial charge in [0.2, 0.25) is 0 Å². The second-order valence-corrected chi connectivity index (χ2v) is 5.28. The number of ether oxygens (including phenoxy) is 3. The average Bonchev–Trinajstić information content (AvgIpc) is 2.65. The van der Waals surface area contributed by atoms with Gasteiger partial charge in [-0.2, -0.15) is 0 Å². The third-order valence-electron chi connectivity index (χ3n) is 3.59. The molecule has 0 bridgehead atoms. The van der Waals surface area contributed by atoms with Crippen molar-refractivity contribution in [3.8, 4) is 11.5 Å². The monoisotopic (exact) mass is 341 g/mol. The van der Waals surface area contributed by atoms with Crippen molar-refractivity contribution in [1.82, 2.24) is 0 Å². The van der Waals surface area contributed by atoms with Gasteiger partial charge in [0, 0.05) is 5.56 Å². The number of rotatable bonds is 5. The van der Waals surface area contributed by atoms with Crippen LogP contribution in [-0.2, 0) is 9.53 Å². The SMILES string of the molecule is COc1ccc(C(=O)OCC(=O)c2ccc3c(c2)NC(=O)CO3)cc1. The maximum atomic E-state index is 12.2. The molecule has 1 heterocycles. The Morgan fingerprint density at radius 1 is 1.12 bits per heavy atom. The lowest BCUT2D eigenvalue weighted by atomic mass is 10.1. The van der Waals surface area contributed by atoms with E-state index < -0.39 is 12.6 Å². The van der Waals surface area contributed by atoms with Gasteiger partial charge in [0.15, 0.2) is 19.0 Å². The summed E-state index contributed by atoms with van der Waals surface area (Å²) in [5.41, 5.74) is 1.05. The van der Waals surface area contributed by atoms with Gasteiger partial charge in [0.25, 0.3) is 5.91 Å². The first-order valence-corrected chi connectivity index (χ1v) is 7.48. The van der Waals surface area contributed by atoms with Crippen LogP contribution in [0.3, 0.4) is 0 Å². The molecule has 0 atom stereocenters. The van der Waals surface area contributed by atoms with E-state index in [2.05, 4.69) is 5.32 Å². The molecule has 1 aliphatic heterocycles. The minimum absolute atomic E-state index is 0.0558. The lowest BCUT2D eigenvalue weighted by Gasteiger charge is -2.18. The predicted octanol–water partition coefficient (Wildman–Crippen LogP) is 2.07. The number of esters is 1. The van der Waals surface area contributed by atoms with Crippen molar-refractivity contribution >= 4 is 23.3 Å². The number of carbonyl (C=O) groups excluding carboxylic acids is 3. The fourth-order valence-electron chi connectivity index (χ4n) is 2.28. The molecule has 0 radical (unpaired) electrons. The largest absolute Gasteiger partial charge is 0.497 e. The van der Waals surface area contributed by atoms with Crippen LogP contribution in [0.4, 0.5) is 5.69 Å². The zero-order valence-electron chi connectivity index (χ0n) is 13.4. The van der Waals surface area contributed by atoms with Gasteiger partial charge in [0.05, 0.1) is 18.4 Å². The van der Waals surface area contributed by atoms with Gasteiger partial charge in [-0.3, -0.25) is 9.59 Å². The highest BCUT2D eigenvalue weighted by Gasteiger charge is 2.18. The van der Waals surface area contributed by atoms with Crippen molar-refractivity contribution in [2.75, 3.05) is 25.6 Å². The standard InChI is InChI=1S/C18H15NO6/c1-23-13-5-2-11(3-6-13)18(22)25-9-15(20)12-4-7-16-14(8-12)19-17(21)10-24-16/h2-8H,9-10H2,1H3,(H,19,21). The van der Waals surface area contributed by atoms with E-state index in [4.69, 9.17) is 14.2 Å². The van der Waals surface area contributed by atoms with Gasteiger partial charge < -0.3 is 19.5 Å². The highest BCUT2D eigenvalue weighted by molar-refractivity contribution is 6.02. The maximum absolute atomic E-state index is 12.2. The number of nitrogens with one attached hydrogen (secondary N) is 1. The minimum Gasteiger partial charge on any atom is -0.497 e. The molecule has 0 aromatic heterocycles. The third kappa shape index (κ3) is 3.77. The maximum Gasteiger partial charge on any atom is 0.338 e. The molecule has 1 amide bonds. The van der Waals surface area contributed by atoms with E-state index in [0.717, 1.165) is 0 Å². The van der Waals surface area contributed by atoms with Crippen LogP contribution in [0, 0.1) is 0 Å². The Morgan fingerprint density at radius 3 is 2.56 bits per heavy atom. The molecule has 0 saturated heterocycles. The number of methoxy groups -OCH3 is 1. The molecule has 0 aliphatic carbocycles.